The molecule has 0 bridgehead atoms. The molecule has 1 aliphatic rings. The minimum atomic E-state index is -0.212. The molecule has 1 heterocycles. The molecule has 1 aromatic heterocycles. The number of hydrogen-bond donors (Lipinski definition) is 2. The fraction of sp³-hybridized carbons (Fsp3) is 0.333. The van der Waals surface area contributed by atoms with Crippen molar-refractivity contribution >= 4 is 6.03 Å². The van der Waals surface area contributed by atoms with Gasteiger partial charge in [0.25, 0.3) is 0 Å². The summed E-state index contributed by atoms with van der Waals surface area (Å²) in [5.41, 5.74) is 2.21. The van der Waals surface area contributed by atoms with Gasteiger partial charge < -0.3 is 10.4 Å². The fourth-order valence-electron chi connectivity index (χ4n) is 2.28. The molecule has 0 unspecified atom stereocenters. The number of para-hydroxylation sites is 1. The molecular weight excluding hydrogens is 254 g/mol. The molecule has 1 aromatic carbocycles. The maximum absolute atomic E-state index is 12.1. The number of carbonyl (C=O) groups excluding carboxylic acids is 1. The molecule has 5 nitrogen and oxygen atoms in total. The van der Waals surface area contributed by atoms with Crippen molar-refractivity contribution in [2.75, 3.05) is 6.54 Å². The van der Waals surface area contributed by atoms with Gasteiger partial charge in [0.2, 0.25) is 0 Å². The molecule has 0 spiro atoms. The van der Waals surface area contributed by atoms with Crippen LogP contribution in [-0.4, -0.2) is 27.5 Å². The summed E-state index contributed by atoms with van der Waals surface area (Å²) < 4.78 is 1.43. The van der Waals surface area contributed by atoms with Crippen LogP contribution in [0.5, 0.6) is 5.75 Å². The summed E-state index contributed by atoms with van der Waals surface area (Å²) in [5, 5.41) is 17.0. The first-order valence-electron chi connectivity index (χ1n) is 6.87. The Hall–Kier alpha value is -2.30. The predicted molar refractivity (Wildman–Crippen MR) is 75.8 cm³/mol. The van der Waals surface area contributed by atoms with Crippen molar-refractivity contribution in [2.45, 2.75) is 25.7 Å². The third kappa shape index (κ3) is 2.27. The second kappa shape index (κ2) is 5.00. The summed E-state index contributed by atoms with van der Waals surface area (Å²) in [6.45, 7) is 2.44. The summed E-state index contributed by atoms with van der Waals surface area (Å²) in [4.78, 5) is 12.1. The molecule has 0 atom stereocenters. The molecule has 3 rings (SSSR count). The van der Waals surface area contributed by atoms with Crippen LogP contribution in [0.3, 0.4) is 0 Å². The summed E-state index contributed by atoms with van der Waals surface area (Å²) in [6.07, 6.45) is 2.18. The number of rotatable bonds is 3. The van der Waals surface area contributed by atoms with Crippen molar-refractivity contribution in [2.24, 2.45) is 0 Å². The summed E-state index contributed by atoms with van der Waals surface area (Å²) in [5.74, 6) is 0.583. The predicted octanol–water partition coefficient (Wildman–Crippen LogP) is 2.71. The average Bonchev–Trinajstić information content (AvgIpc) is 3.19. The molecule has 5 heteroatoms. The van der Waals surface area contributed by atoms with E-state index in [2.05, 4.69) is 10.4 Å². The van der Waals surface area contributed by atoms with E-state index >= 15 is 0 Å². The molecule has 2 aromatic rings. The first-order valence-corrected chi connectivity index (χ1v) is 6.87. The van der Waals surface area contributed by atoms with Crippen LogP contribution in [0.1, 0.15) is 31.4 Å². The number of aromatic hydroxyl groups is 1. The molecule has 1 fully saturated rings. The third-order valence-corrected chi connectivity index (χ3v) is 3.43. The van der Waals surface area contributed by atoms with Crippen LogP contribution in [0.15, 0.2) is 30.3 Å². The minimum absolute atomic E-state index is 0.176. The van der Waals surface area contributed by atoms with Crippen molar-refractivity contribution in [3.8, 4) is 17.0 Å². The van der Waals surface area contributed by atoms with Gasteiger partial charge in [-0.25, -0.2) is 4.79 Å². The molecule has 0 radical (unpaired) electrons. The van der Waals surface area contributed by atoms with Gasteiger partial charge in [0.05, 0.1) is 11.4 Å². The van der Waals surface area contributed by atoms with Crippen LogP contribution in [0.2, 0.25) is 0 Å². The Morgan fingerprint density at radius 1 is 1.45 bits per heavy atom. The highest BCUT2D eigenvalue weighted by atomic mass is 16.3. The van der Waals surface area contributed by atoms with Crippen LogP contribution in [0.25, 0.3) is 11.3 Å². The molecule has 0 aliphatic heterocycles. The molecule has 104 valence electrons. The second-order valence-electron chi connectivity index (χ2n) is 4.99. The average molecular weight is 271 g/mol. The van der Waals surface area contributed by atoms with Gasteiger partial charge in [-0.3, -0.25) is 0 Å². The maximum Gasteiger partial charge on any atom is 0.342 e. The second-order valence-corrected chi connectivity index (χ2v) is 4.99. The van der Waals surface area contributed by atoms with Crippen LogP contribution >= 0.6 is 0 Å². The van der Waals surface area contributed by atoms with Gasteiger partial charge in [0.15, 0.2) is 0 Å². The number of aromatic nitrogens is 2. The lowest BCUT2D eigenvalue weighted by Crippen LogP contribution is -2.30. The Labute approximate surface area is 117 Å². The Morgan fingerprint density at radius 2 is 2.20 bits per heavy atom. The van der Waals surface area contributed by atoms with Crippen molar-refractivity contribution < 1.29 is 9.90 Å². The van der Waals surface area contributed by atoms with E-state index in [9.17, 15) is 9.90 Å². The molecule has 20 heavy (non-hydrogen) atoms. The van der Waals surface area contributed by atoms with Gasteiger partial charge in [-0.1, -0.05) is 12.1 Å². The summed E-state index contributed by atoms with van der Waals surface area (Å²) in [6, 6.07) is 8.73. The lowest BCUT2D eigenvalue weighted by Gasteiger charge is -2.05. The van der Waals surface area contributed by atoms with E-state index in [0.717, 1.165) is 18.5 Å². The van der Waals surface area contributed by atoms with E-state index in [0.29, 0.717) is 23.7 Å². The normalized spacial score (nSPS) is 14.2. The van der Waals surface area contributed by atoms with Crippen molar-refractivity contribution in [3.05, 3.63) is 36.0 Å². The zero-order valence-corrected chi connectivity index (χ0v) is 11.3. The zero-order chi connectivity index (χ0) is 14.1. The highest BCUT2D eigenvalue weighted by Crippen LogP contribution is 2.41. The van der Waals surface area contributed by atoms with Gasteiger partial charge in [-0.05, 0) is 38.0 Å². The number of phenolic OH excluding ortho intramolecular Hbond substituents is 1. The van der Waals surface area contributed by atoms with E-state index in [1.807, 2.05) is 19.1 Å². The number of nitrogens with zero attached hydrogens (tertiary/aromatic N) is 2. The van der Waals surface area contributed by atoms with Crippen molar-refractivity contribution in [1.29, 1.82) is 0 Å². The monoisotopic (exact) mass is 271 g/mol. The van der Waals surface area contributed by atoms with Gasteiger partial charge in [-0.2, -0.15) is 9.78 Å². The molecule has 1 aliphatic carbocycles. The van der Waals surface area contributed by atoms with Gasteiger partial charge >= 0.3 is 6.03 Å². The molecule has 2 N–H and O–H groups in total. The highest BCUT2D eigenvalue weighted by Gasteiger charge is 2.30. The van der Waals surface area contributed by atoms with E-state index in [1.54, 1.807) is 18.2 Å². The Bertz CT molecular complexity index is 644. The van der Waals surface area contributed by atoms with Crippen LogP contribution < -0.4 is 5.32 Å². The van der Waals surface area contributed by atoms with E-state index in [-0.39, 0.29) is 11.8 Å². The van der Waals surface area contributed by atoms with Gasteiger partial charge in [-0.15, -0.1) is 0 Å². The SMILES string of the molecule is CCNC(=O)n1nc(-c2ccccc2O)cc1C1CC1. The number of nitrogens with one attached hydrogen (secondary N) is 1. The maximum atomic E-state index is 12.1. The number of hydrogen-bond acceptors (Lipinski definition) is 3. The Balaban J connectivity index is 2.03. The lowest BCUT2D eigenvalue weighted by atomic mass is 10.1. The van der Waals surface area contributed by atoms with Crippen LogP contribution in [0.4, 0.5) is 4.79 Å². The van der Waals surface area contributed by atoms with E-state index in [1.165, 1.54) is 4.68 Å². The largest absolute Gasteiger partial charge is 0.507 e. The number of phenols is 1. The molecular formula is C15H17N3O2. The third-order valence-electron chi connectivity index (χ3n) is 3.43. The highest BCUT2D eigenvalue weighted by molar-refractivity contribution is 5.78. The smallest absolute Gasteiger partial charge is 0.342 e. The van der Waals surface area contributed by atoms with Crippen LogP contribution in [0, 0.1) is 0 Å². The fourth-order valence-corrected chi connectivity index (χ4v) is 2.28. The number of carbonyl (C=O) groups is 1. The zero-order valence-electron chi connectivity index (χ0n) is 11.3. The first-order chi connectivity index (χ1) is 9.70. The number of amides is 1. The Morgan fingerprint density at radius 3 is 2.85 bits per heavy atom. The molecule has 0 saturated heterocycles. The van der Waals surface area contributed by atoms with Crippen molar-refractivity contribution in [1.82, 2.24) is 15.1 Å². The quantitative estimate of drug-likeness (QED) is 0.902. The standard InChI is InChI=1S/C15H17N3O2/c1-2-16-15(20)18-13(10-7-8-10)9-12(17-18)11-5-3-4-6-14(11)19/h3-6,9-10,19H,2,7-8H2,1H3,(H,16,20). The topological polar surface area (TPSA) is 67.2 Å². The molecule has 1 saturated carbocycles. The minimum Gasteiger partial charge on any atom is -0.507 e. The number of benzene rings is 1. The lowest BCUT2D eigenvalue weighted by molar-refractivity contribution is 0.239. The first kappa shape index (κ1) is 12.7. The van der Waals surface area contributed by atoms with E-state index < -0.39 is 0 Å². The van der Waals surface area contributed by atoms with E-state index in [4.69, 9.17) is 0 Å². The summed E-state index contributed by atoms with van der Waals surface area (Å²) >= 11 is 0. The van der Waals surface area contributed by atoms with Gasteiger partial charge in [0.1, 0.15) is 5.75 Å². The van der Waals surface area contributed by atoms with Gasteiger partial charge in [0, 0.05) is 18.0 Å². The van der Waals surface area contributed by atoms with Crippen LogP contribution in [-0.2, 0) is 0 Å². The Kier molecular flexibility index (Phi) is 3.18. The summed E-state index contributed by atoms with van der Waals surface area (Å²) in [7, 11) is 0. The van der Waals surface area contributed by atoms with Crippen molar-refractivity contribution in [3.63, 3.8) is 0 Å². The molecule has 1 amide bonds.